The average Bonchev–Trinajstić information content (AvgIpc) is 2.38. The van der Waals surface area contributed by atoms with Gasteiger partial charge in [0.05, 0.1) is 21.4 Å². The summed E-state index contributed by atoms with van der Waals surface area (Å²) in [4.78, 5) is 3.94. The van der Waals surface area contributed by atoms with Gasteiger partial charge in [0.2, 0.25) is 0 Å². The van der Waals surface area contributed by atoms with Crippen molar-refractivity contribution < 1.29 is 0 Å². The molecule has 0 aliphatic rings. The number of thiocarbonyl (C=S) groups is 1. The number of hydrogen-bond acceptors (Lipinski definition) is 2. The number of hydrogen-bond donors (Lipinski definition) is 2. The zero-order chi connectivity index (χ0) is 13.8. The van der Waals surface area contributed by atoms with E-state index in [0.717, 1.165) is 0 Å². The molecule has 2 rings (SSSR count). The molecule has 0 aliphatic heterocycles. The molecule has 0 amide bonds. The summed E-state index contributed by atoms with van der Waals surface area (Å²) in [5, 5.41) is 7.42. The van der Waals surface area contributed by atoms with Crippen molar-refractivity contribution >= 4 is 63.5 Å². The van der Waals surface area contributed by atoms with Crippen LogP contribution >= 0.6 is 47.0 Å². The van der Waals surface area contributed by atoms with Gasteiger partial charge in [-0.1, -0.05) is 40.9 Å². The van der Waals surface area contributed by atoms with Crippen LogP contribution in [-0.4, -0.2) is 10.1 Å². The molecule has 2 aromatic rings. The Kier molecular flexibility index (Phi) is 4.82. The highest BCUT2D eigenvalue weighted by atomic mass is 35.5. The maximum atomic E-state index is 6.05. The maximum absolute atomic E-state index is 6.05. The van der Waals surface area contributed by atoms with Crippen LogP contribution in [0.25, 0.3) is 0 Å². The number of anilines is 2. The van der Waals surface area contributed by atoms with E-state index in [0.29, 0.717) is 31.7 Å². The third kappa shape index (κ3) is 3.70. The van der Waals surface area contributed by atoms with E-state index in [1.807, 2.05) is 0 Å². The SMILES string of the molecule is S=C(Nc1cccnc1Cl)Nc1cccc(Cl)c1Cl. The first-order chi connectivity index (χ1) is 9.08. The standard InChI is InChI=1S/C12H8Cl3N3S/c13-7-3-1-4-8(10(7)14)17-12(19)18-9-5-2-6-16-11(9)15/h1-6H,(H2,17,18,19). The molecule has 98 valence electrons. The van der Waals surface area contributed by atoms with E-state index in [4.69, 9.17) is 47.0 Å². The topological polar surface area (TPSA) is 37.0 Å². The number of benzene rings is 1. The van der Waals surface area contributed by atoms with Gasteiger partial charge in [0, 0.05) is 6.20 Å². The third-order valence-corrected chi connectivity index (χ3v) is 3.53. The summed E-state index contributed by atoms with van der Waals surface area (Å²) >= 11 is 23.1. The first-order valence-electron chi connectivity index (χ1n) is 5.20. The van der Waals surface area contributed by atoms with Crippen molar-refractivity contribution in [3.8, 4) is 0 Å². The van der Waals surface area contributed by atoms with Crippen molar-refractivity contribution in [1.29, 1.82) is 0 Å². The largest absolute Gasteiger partial charge is 0.331 e. The lowest BCUT2D eigenvalue weighted by Gasteiger charge is -2.12. The van der Waals surface area contributed by atoms with Gasteiger partial charge in [0.25, 0.3) is 0 Å². The lowest BCUT2D eigenvalue weighted by atomic mass is 10.3. The fraction of sp³-hybridized carbons (Fsp3) is 0. The van der Waals surface area contributed by atoms with E-state index in [2.05, 4.69) is 15.6 Å². The summed E-state index contributed by atoms with van der Waals surface area (Å²) in [7, 11) is 0. The maximum Gasteiger partial charge on any atom is 0.175 e. The fourth-order valence-corrected chi connectivity index (χ4v) is 2.09. The number of rotatable bonds is 2. The highest BCUT2D eigenvalue weighted by Gasteiger charge is 2.07. The summed E-state index contributed by atoms with van der Waals surface area (Å²) in [6, 6.07) is 8.76. The second kappa shape index (κ2) is 6.39. The van der Waals surface area contributed by atoms with E-state index in [-0.39, 0.29) is 0 Å². The monoisotopic (exact) mass is 331 g/mol. The predicted molar refractivity (Wildman–Crippen MR) is 85.6 cm³/mol. The normalized spacial score (nSPS) is 10.1. The highest BCUT2D eigenvalue weighted by molar-refractivity contribution is 7.80. The van der Waals surface area contributed by atoms with E-state index < -0.39 is 0 Å². The van der Waals surface area contributed by atoms with Crippen LogP contribution in [-0.2, 0) is 0 Å². The first kappa shape index (κ1) is 14.3. The molecule has 0 saturated carbocycles. The zero-order valence-corrected chi connectivity index (χ0v) is 12.5. The lowest BCUT2D eigenvalue weighted by Crippen LogP contribution is -2.19. The molecule has 0 spiro atoms. The fourth-order valence-electron chi connectivity index (χ4n) is 1.36. The van der Waals surface area contributed by atoms with Crippen LogP contribution in [0.15, 0.2) is 36.5 Å². The van der Waals surface area contributed by atoms with Gasteiger partial charge in [-0.15, -0.1) is 0 Å². The summed E-state index contributed by atoms with van der Waals surface area (Å²) in [6.07, 6.45) is 1.60. The van der Waals surface area contributed by atoms with E-state index in [1.165, 1.54) is 0 Å². The molecule has 0 unspecified atom stereocenters. The molecule has 0 radical (unpaired) electrons. The van der Waals surface area contributed by atoms with Gasteiger partial charge >= 0.3 is 0 Å². The Morgan fingerprint density at radius 2 is 1.68 bits per heavy atom. The van der Waals surface area contributed by atoms with Crippen LogP contribution in [0.4, 0.5) is 11.4 Å². The van der Waals surface area contributed by atoms with Crippen LogP contribution in [0.5, 0.6) is 0 Å². The summed E-state index contributed by atoms with van der Waals surface area (Å²) < 4.78 is 0. The van der Waals surface area contributed by atoms with E-state index in [9.17, 15) is 0 Å². The molecular formula is C12H8Cl3N3S. The Hall–Kier alpha value is -1.07. The van der Waals surface area contributed by atoms with E-state index >= 15 is 0 Å². The Labute approximate surface area is 130 Å². The first-order valence-corrected chi connectivity index (χ1v) is 6.74. The molecule has 0 bridgehead atoms. The smallest absolute Gasteiger partial charge is 0.175 e. The van der Waals surface area contributed by atoms with Crippen LogP contribution in [0.3, 0.4) is 0 Å². The molecule has 0 atom stereocenters. The van der Waals surface area contributed by atoms with Gasteiger partial charge in [-0.05, 0) is 36.5 Å². The molecule has 1 aromatic carbocycles. The molecule has 19 heavy (non-hydrogen) atoms. The van der Waals surface area contributed by atoms with Crippen LogP contribution in [0.1, 0.15) is 0 Å². The minimum atomic E-state index is 0.337. The number of nitrogens with zero attached hydrogens (tertiary/aromatic N) is 1. The van der Waals surface area contributed by atoms with Crippen molar-refractivity contribution in [2.75, 3.05) is 10.6 Å². The van der Waals surface area contributed by atoms with Crippen molar-refractivity contribution in [2.24, 2.45) is 0 Å². The number of aromatic nitrogens is 1. The molecule has 0 fully saturated rings. The Balaban J connectivity index is 2.10. The Bertz CT molecular complexity index is 619. The minimum Gasteiger partial charge on any atom is -0.331 e. The van der Waals surface area contributed by atoms with Crippen molar-refractivity contribution in [2.45, 2.75) is 0 Å². The molecule has 0 saturated heterocycles. The Morgan fingerprint density at radius 3 is 2.42 bits per heavy atom. The summed E-state index contributed by atoms with van der Waals surface area (Å²) in [6.45, 7) is 0. The molecule has 0 aliphatic carbocycles. The van der Waals surface area contributed by atoms with Crippen molar-refractivity contribution in [3.05, 3.63) is 51.7 Å². The van der Waals surface area contributed by atoms with Crippen LogP contribution < -0.4 is 10.6 Å². The highest BCUT2D eigenvalue weighted by Crippen LogP contribution is 2.29. The molecule has 1 aromatic heterocycles. The second-order valence-electron chi connectivity index (χ2n) is 3.52. The van der Waals surface area contributed by atoms with Gasteiger partial charge in [-0.3, -0.25) is 0 Å². The van der Waals surface area contributed by atoms with Crippen molar-refractivity contribution in [1.82, 2.24) is 4.98 Å². The van der Waals surface area contributed by atoms with Gasteiger partial charge in [0.1, 0.15) is 0 Å². The number of nitrogens with one attached hydrogen (secondary N) is 2. The van der Waals surface area contributed by atoms with Gasteiger partial charge in [-0.25, -0.2) is 4.98 Å². The van der Waals surface area contributed by atoms with Gasteiger partial charge in [0.15, 0.2) is 10.3 Å². The third-order valence-electron chi connectivity index (χ3n) is 2.21. The molecule has 1 heterocycles. The Morgan fingerprint density at radius 1 is 1.00 bits per heavy atom. The predicted octanol–water partition coefficient (Wildman–Crippen LogP) is 4.85. The molecule has 3 nitrogen and oxygen atoms in total. The van der Waals surface area contributed by atoms with Gasteiger partial charge < -0.3 is 10.6 Å². The lowest BCUT2D eigenvalue weighted by molar-refractivity contribution is 1.33. The van der Waals surface area contributed by atoms with E-state index in [1.54, 1.807) is 36.5 Å². The quantitative estimate of drug-likeness (QED) is 0.609. The zero-order valence-electron chi connectivity index (χ0n) is 9.45. The number of halogens is 3. The molecular weight excluding hydrogens is 325 g/mol. The van der Waals surface area contributed by atoms with Crippen LogP contribution in [0.2, 0.25) is 15.2 Å². The molecule has 2 N–H and O–H groups in total. The summed E-state index contributed by atoms with van der Waals surface area (Å²) in [5.74, 6) is 0. The molecule has 7 heteroatoms. The number of pyridine rings is 1. The van der Waals surface area contributed by atoms with Crippen LogP contribution in [0, 0.1) is 0 Å². The minimum absolute atomic E-state index is 0.337. The van der Waals surface area contributed by atoms with Crippen molar-refractivity contribution in [3.63, 3.8) is 0 Å². The summed E-state index contributed by atoms with van der Waals surface area (Å²) in [5.41, 5.74) is 1.23. The average molecular weight is 333 g/mol. The second-order valence-corrected chi connectivity index (χ2v) is 5.07. The van der Waals surface area contributed by atoms with Gasteiger partial charge in [-0.2, -0.15) is 0 Å².